The molecule has 1 saturated carbocycles. The maximum absolute atomic E-state index is 13.7. The number of amides is 1. The summed E-state index contributed by atoms with van der Waals surface area (Å²) in [5, 5.41) is 27.0. The largest absolute Gasteiger partial charge is 0.493 e. The number of rotatable bonds is 8. The predicted molar refractivity (Wildman–Crippen MR) is 122 cm³/mol. The quantitative estimate of drug-likeness (QED) is 0.375. The molecular weight excluding hydrogens is 533 g/mol. The van der Waals surface area contributed by atoms with E-state index in [4.69, 9.17) is 4.74 Å². The van der Waals surface area contributed by atoms with Gasteiger partial charge < -0.3 is 25.6 Å². The molecule has 1 aliphatic carbocycles. The van der Waals surface area contributed by atoms with Crippen LogP contribution in [-0.4, -0.2) is 47.0 Å². The topological polar surface area (TPSA) is 90.8 Å². The highest BCUT2D eigenvalue weighted by atomic mass is 127. The molecule has 4 rings (SSSR count). The minimum atomic E-state index is -1.42. The fourth-order valence-corrected chi connectivity index (χ4v) is 4.41. The smallest absolute Gasteiger partial charge is 0.252 e. The minimum Gasteiger partial charge on any atom is -0.493 e. The van der Waals surface area contributed by atoms with Crippen molar-refractivity contribution >= 4 is 28.5 Å². The van der Waals surface area contributed by atoms with Gasteiger partial charge in [-0.3, -0.25) is 4.79 Å². The summed E-state index contributed by atoms with van der Waals surface area (Å²) < 4.78 is 34.1. The Bertz CT molecular complexity index is 982. The van der Waals surface area contributed by atoms with Gasteiger partial charge in [-0.05, 0) is 77.7 Å². The molecule has 1 fully saturated rings. The van der Waals surface area contributed by atoms with Crippen molar-refractivity contribution in [1.29, 1.82) is 0 Å². The summed E-state index contributed by atoms with van der Waals surface area (Å²) in [6, 6.07) is 8.13. The lowest BCUT2D eigenvalue weighted by atomic mass is 9.98. The first-order valence-electron chi connectivity index (χ1n) is 10.6. The van der Waals surface area contributed by atoms with Gasteiger partial charge in [0.2, 0.25) is 0 Å². The van der Waals surface area contributed by atoms with E-state index in [0.717, 1.165) is 20.9 Å². The number of halogens is 3. The third-order valence-corrected chi connectivity index (χ3v) is 6.56. The lowest BCUT2D eigenvalue weighted by Crippen LogP contribution is -2.52. The number of hydrogen-bond acceptors (Lipinski definition) is 5. The van der Waals surface area contributed by atoms with Crippen LogP contribution in [0.2, 0.25) is 0 Å². The van der Waals surface area contributed by atoms with Crippen molar-refractivity contribution in [3.05, 3.63) is 62.7 Å². The van der Waals surface area contributed by atoms with Crippen molar-refractivity contribution in [3.63, 3.8) is 0 Å². The van der Waals surface area contributed by atoms with Crippen LogP contribution in [-0.2, 0) is 11.2 Å². The van der Waals surface area contributed by atoms with Crippen molar-refractivity contribution < 1.29 is 28.5 Å². The highest BCUT2D eigenvalue weighted by Gasteiger charge is 2.48. The molecule has 1 amide bonds. The van der Waals surface area contributed by atoms with Crippen molar-refractivity contribution in [3.8, 4) is 5.75 Å². The molecular formula is C23H25F2IN2O4. The van der Waals surface area contributed by atoms with Crippen LogP contribution < -0.4 is 15.4 Å². The average Bonchev–Trinajstić information content (AvgIpc) is 3.49. The van der Waals surface area contributed by atoms with E-state index in [2.05, 4.69) is 33.2 Å². The zero-order valence-corrected chi connectivity index (χ0v) is 19.4. The van der Waals surface area contributed by atoms with E-state index in [1.807, 2.05) is 18.2 Å². The SMILES string of the molecule is O=C(N[C@@H](Cc1cc(F)cc(F)c1)[C@H](O)CN[C@H]1CCOc2ccc(I)cc21)C1(O)CC1. The normalized spacial score (nSPS) is 20.6. The van der Waals surface area contributed by atoms with E-state index in [0.29, 0.717) is 31.4 Å². The monoisotopic (exact) mass is 558 g/mol. The Balaban J connectivity index is 1.47. The molecule has 0 spiro atoms. The first-order chi connectivity index (χ1) is 15.2. The molecule has 1 heterocycles. The van der Waals surface area contributed by atoms with Crippen molar-refractivity contribution in [2.24, 2.45) is 0 Å². The molecule has 172 valence electrons. The van der Waals surface area contributed by atoms with Gasteiger partial charge >= 0.3 is 0 Å². The van der Waals surface area contributed by atoms with Crippen molar-refractivity contribution in [1.82, 2.24) is 10.6 Å². The van der Waals surface area contributed by atoms with Gasteiger partial charge in [-0.25, -0.2) is 8.78 Å². The van der Waals surface area contributed by atoms with Crippen LogP contribution in [0.25, 0.3) is 0 Å². The standard InChI is InChI=1S/C23H25F2IN2O4/c24-14-7-13(8-15(25)10-14)9-19(28-22(30)23(31)4-5-23)20(29)12-27-18-3-6-32-21-2-1-16(26)11-17(18)21/h1-2,7-8,10-11,18-20,27,29,31H,3-6,9,12H2,(H,28,30)/t18-,19-,20+/m0/s1. The summed E-state index contributed by atoms with van der Waals surface area (Å²) in [5.41, 5.74) is -0.120. The number of carbonyl (C=O) groups excluding carboxylic acids is 1. The summed E-state index contributed by atoms with van der Waals surface area (Å²) in [5.74, 6) is -1.25. The molecule has 6 nitrogen and oxygen atoms in total. The Hall–Kier alpha value is -1.82. The fraction of sp³-hybridized carbons (Fsp3) is 0.435. The molecule has 2 aromatic rings. The second kappa shape index (κ2) is 9.58. The summed E-state index contributed by atoms with van der Waals surface area (Å²) in [4.78, 5) is 12.4. The van der Waals surface area contributed by atoms with Crippen LogP contribution >= 0.6 is 22.6 Å². The van der Waals surface area contributed by atoms with Crippen LogP contribution in [0, 0.1) is 15.2 Å². The van der Waals surface area contributed by atoms with Gasteiger partial charge in [0, 0.05) is 34.2 Å². The van der Waals surface area contributed by atoms with Crippen LogP contribution in [0.5, 0.6) is 5.75 Å². The Labute approximate surface area is 198 Å². The lowest BCUT2D eigenvalue weighted by Gasteiger charge is -2.30. The maximum atomic E-state index is 13.7. The number of carbonyl (C=O) groups is 1. The Morgan fingerprint density at radius 3 is 2.62 bits per heavy atom. The number of benzene rings is 2. The van der Waals surface area contributed by atoms with Gasteiger partial charge in [-0.1, -0.05) is 0 Å². The van der Waals surface area contributed by atoms with E-state index in [1.54, 1.807) is 0 Å². The number of ether oxygens (including phenoxy) is 1. The molecule has 0 radical (unpaired) electrons. The second-order valence-corrected chi connectivity index (χ2v) is 9.69. The first-order valence-corrected chi connectivity index (χ1v) is 11.6. The van der Waals surface area contributed by atoms with E-state index >= 15 is 0 Å². The molecule has 3 atom stereocenters. The third-order valence-electron chi connectivity index (χ3n) is 5.89. The molecule has 0 unspecified atom stereocenters. The zero-order chi connectivity index (χ0) is 22.9. The predicted octanol–water partition coefficient (Wildman–Crippen LogP) is 2.60. The number of aliphatic hydroxyl groups is 2. The molecule has 0 saturated heterocycles. The van der Waals surface area contributed by atoms with Crippen molar-refractivity contribution in [2.45, 2.75) is 49.5 Å². The van der Waals surface area contributed by atoms with E-state index in [1.165, 1.54) is 12.1 Å². The molecule has 2 aliphatic rings. The van der Waals surface area contributed by atoms with Gasteiger partial charge in [0.05, 0.1) is 18.8 Å². The highest BCUT2D eigenvalue weighted by Crippen LogP contribution is 2.35. The summed E-state index contributed by atoms with van der Waals surface area (Å²) in [6.07, 6.45) is 0.382. The lowest BCUT2D eigenvalue weighted by molar-refractivity contribution is -0.133. The number of hydrogen-bond donors (Lipinski definition) is 4. The summed E-state index contributed by atoms with van der Waals surface area (Å²) in [7, 11) is 0. The number of aliphatic hydroxyl groups excluding tert-OH is 1. The minimum absolute atomic E-state index is 0.0155. The molecule has 0 bridgehead atoms. The molecule has 9 heteroatoms. The molecule has 4 N–H and O–H groups in total. The molecule has 2 aromatic carbocycles. The molecule has 1 aliphatic heterocycles. The zero-order valence-electron chi connectivity index (χ0n) is 17.3. The van der Waals surface area contributed by atoms with Gasteiger partial charge in [0.1, 0.15) is 23.0 Å². The Kier molecular flexibility index (Phi) is 6.99. The molecule has 0 aromatic heterocycles. The number of nitrogens with one attached hydrogen (secondary N) is 2. The van der Waals surface area contributed by atoms with Gasteiger partial charge in [-0.15, -0.1) is 0 Å². The van der Waals surface area contributed by atoms with Crippen LogP contribution in [0.15, 0.2) is 36.4 Å². The summed E-state index contributed by atoms with van der Waals surface area (Å²) >= 11 is 2.23. The Morgan fingerprint density at radius 2 is 1.94 bits per heavy atom. The van der Waals surface area contributed by atoms with Crippen LogP contribution in [0.3, 0.4) is 0 Å². The third kappa shape index (κ3) is 5.56. The van der Waals surface area contributed by atoms with E-state index < -0.39 is 35.3 Å². The van der Waals surface area contributed by atoms with Crippen LogP contribution in [0.1, 0.15) is 36.4 Å². The Morgan fingerprint density at radius 1 is 1.22 bits per heavy atom. The maximum Gasteiger partial charge on any atom is 0.252 e. The van der Waals surface area contributed by atoms with Gasteiger partial charge in [-0.2, -0.15) is 0 Å². The van der Waals surface area contributed by atoms with Gasteiger partial charge in [0.15, 0.2) is 0 Å². The van der Waals surface area contributed by atoms with Crippen molar-refractivity contribution in [2.75, 3.05) is 13.2 Å². The fourth-order valence-electron chi connectivity index (χ4n) is 3.90. The van der Waals surface area contributed by atoms with Gasteiger partial charge in [0.25, 0.3) is 5.91 Å². The summed E-state index contributed by atoms with van der Waals surface area (Å²) in [6.45, 7) is 0.674. The number of fused-ring (bicyclic) bond motifs is 1. The first kappa shape index (κ1) is 23.3. The average molecular weight is 558 g/mol. The van der Waals surface area contributed by atoms with E-state index in [9.17, 15) is 23.8 Å². The van der Waals surface area contributed by atoms with Crippen LogP contribution in [0.4, 0.5) is 8.78 Å². The molecule has 32 heavy (non-hydrogen) atoms. The second-order valence-electron chi connectivity index (χ2n) is 8.44. The highest BCUT2D eigenvalue weighted by molar-refractivity contribution is 14.1. The van der Waals surface area contributed by atoms with E-state index in [-0.39, 0.29) is 19.0 Å².